The fraction of sp³-hybridized carbons (Fsp3) is 1.00. The molecule has 0 spiro atoms. The van der Waals surface area contributed by atoms with Gasteiger partial charge in [-0.2, -0.15) is 0 Å². The minimum absolute atomic E-state index is 0.712. The van der Waals surface area contributed by atoms with Crippen LogP contribution in [-0.2, 0) is 0 Å². The Balaban J connectivity index is 2.02. The zero-order valence-electron chi connectivity index (χ0n) is 7.71. The molecule has 1 saturated heterocycles. The van der Waals surface area contributed by atoms with E-state index in [-0.39, 0.29) is 0 Å². The largest absolute Gasteiger partial charge is 0.330 e. The standard InChI is InChI=1S/C9H20N2/c1-8(7-10)3-4-9-5-6-11(9)2/h8-9H,3-7,10H2,1-2H3. The van der Waals surface area contributed by atoms with E-state index < -0.39 is 0 Å². The van der Waals surface area contributed by atoms with Crippen molar-refractivity contribution in [2.75, 3.05) is 20.1 Å². The first-order chi connectivity index (χ1) is 5.24. The van der Waals surface area contributed by atoms with Crippen LogP contribution in [0, 0.1) is 5.92 Å². The summed E-state index contributed by atoms with van der Waals surface area (Å²) in [5.74, 6) is 0.712. The highest BCUT2D eigenvalue weighted by molar-refractivity contribution is 4.79. The molecule has 2 heteroatoms. The van der Waals surface area contributed by atoms with Gasteiger partial charge in [-0.05, 0) is 45.3 Å². The summed E-state index contributed by atoms with van der Waals surface area (Å²) in [7, 11) is 2.21. The van der Waals surface area contributed by atoms with Crippen LogP contribution < -0.4 is 5.73 Å². The maximum absolute atomic E-state index is 5.54. The molecule has 0 radical (unpaired) electrons. The molecule has 0 bridgehead atoms. The summed E-state index contributed by atoms with van der Waals surface area (Å²) in [4.78, 5) is 2.43. The first kappa shape index (κ1) is 9.01. The van der Waals surface area contributed by atoms with Crippen molar-refractivity contribution in [3.05, 3.63) is 0 Å². The molecule has 2 nitrogen and oxygen atoms in total. The zero-order valence-corrected chi connectivity index (χ0v) is 7.71. The first-order valence-corrected chi connectivity index (χ1v) is 4.64. The third-order valence-electron chi connectivity index (χ3n) is 2.83. The lowest BCUT2D eigenvalue weighted by Gasteiger charge is -2.38. The Kier molecular flexibility index (Phi) is 3.34. The normalized spacial score (nSPS) is 28.1. The van der Waals surface area contributed by atoms with E-state index in [4.69, 9.17) is 5.73 Å². The molecule has 0 saturated carbocycles. The second-order valence-electron chi connectivity index (χ2n) is 3.84. The van der Waals surface area contributed by atoms with Crippen LogP contribution in [0.1, 0.15) is 26.2 Å². The molecule has 0 aromatic carbocycles. The van der Waals surface area contributed by atoms with Crippen molar-refractivity contribution < 1.29 is 0 Å². The van der Waals surface area contributed by atoms with Gasteiger partial charge in [0.25, 0.3) is 0 Å². The van der Waals surface area contributed by atoms with E-state index in [2.05, 4.69) is 18.9 Å². The molecule has 2 unspecified atom stereocenters. The number of hydrogen-bond donors (Lipinski definition) is 1. The summed E-state index contributed by atoms with van der Waals surface area (Å²) < 4.78 is 0. The molecule has 0 aromatic rings. The van der Waals surface area contributed by atoms with Gasteiger partial charge in [0.05, 0.1) is 0 Å². The Morgan fingerprint density at radius 2 is 2.36 bits per heavy atom. The van der Waals surface area contributed by atoms with Crippen LogP contribution in [0.25, 0.3) is 0 Å². The van der Waals surface area contributed by atoms with Crippen LogP contribution in [-0.4, -0.2) is 31.1 Å². The third kappa shape index (κ3) is 2.46. The van der Waals surface area contributed by atoms with Crippen LogP contribution in [0.5, 0.6) is 0 Å². The highest BCUT2D eigenvalue weighted by Crippen LogP contribution is 2.20. The van der Waals surface area contributed by atoms with E-state index in [1.165, 1.54) is 25.8 Å². The van der Waals surface area contributed by atoms with Gasteiger partial charge in [-0.1, -0.05) is 6.92 Å². The third-order valence-corrected chi connectivity index (χ3v) is 2.83. The van der Waals surface area contributed by atoms with Crippen LogP contribution in [0.2, 0.25) is 0 Å². The number of rotatable bonds is 4. The molecule has 0 aromatic heterocycles. The van der Waals surface area contributed by atoms with Gasteiger partial charge in [0.1, 0.15) is 0 Å². The SMILES string of the molecule is CC(CN)CCC1CCN1C. The van der Waals surface area contributed by atoms with Crippen molar-refractivity contribution in [2.24, 2.45) is 11.7 Å². The smallest absolute Gasteiger partial charge is 0.0104 e. The maximum atomic E-state index is 5.54. The van der Waals surface area contributed by atoms with Gasteiger partial charge in [-0.15, -0.1) is 0 Å². The lowest BCUT2D eigenvalue weighted by molar-refractivity contribution is 0.112. The number of likely N-dealkylation sites (tertiary alicyclic amines) is 1. The number of nitrogens with two attached hydrogens (primary N) is 1. The van der Waals surface area contributed by atoms with Crippen molar-refractivity contribution in [1.82, 2.24) is 4.90 Å². The summed E-state index contributed by atoms with van der Waals surface area (Å²) in [6.45, 7) is 4.37. The molecule has 1 rings (SSSR count). The minimum Gasteiger partial charge on any atom is -0.330 e. The topological polar surface area (TPSA) is 29.3 Å². The molecule has 1 aliphatic heterocycles. The van der Waals surface area contributed by atoms with Crippen molar-refractivity contribution in [3.63, 3.8) is 0 Å². The monoisotopic (exact) mass is 156 g/mol. The van der Waals surface area contributed by atoms with E-state index in [1.807, 2.05) is 0 Å². The Hall–Kier alpha value is -0.0800. The molecule has 1 fully saturated rings. The minimum atomic E-state index is 0.712. The predicted octanol–water partition coefficient (Wildman–Crippen LogP) is 1.07. The fourth-order valence-electron chi connectivity index (χ4n) is 1.53. The molecule has 2 N–H and O–H groups in total. The molecule has 66 valence electrons. The van der Waals surface area contributed by atoms with E-state index in [1.54, 1.807) is 0 Å². The summed E-state index contributed by atoms with van der Waals surface area (Å²) in [5, 5.41) is 0. The van der Waals surface area contributed by atoms with Crippen molar-refractivity contribution in [2.45, 2.75) is 32.2 Å². The van der Waals surface area contributed by atoms with Crippen LogP contribution in [0.4, 0.5) is 0 Å². The summed E-state index contributed by atoms with van der Waals surface area (Å²) in [6, 6.07) is 0.865. The Bertz CT molecular complexity index is 114. The first-order valence-electron chi connectivity index (χ1n) is 4.64. The number of nitrogens with zero attached hydrogens (tertiary/aromatic N) is 1. The van der Waals surface area contributed by atoms with Gasteiger partial charge >= 0.3 is 0 Å². The zero-order chi connectivity index (χ0) is 8.27. The molecule has 2 atom stereocenters. The molecule has 0 aliphatic carbocycles. The molecule has 11 heavy (non-hydrogen) atoms. The predicted molar refractivity (Wildman–Crippen MR) is 48.5 cm³/mol. The summed E-state index contributed by atoms with van der Waals surface area (Å²) in [5.41, 5.74) is 5.54. The van der Waals surface area contributed by atoms with Crippen LogP contribution in [0.15, 0.2) is 0 Å². The maximum Gasteiger partial charge on any atom is 0.0104 e. The van der Waals surface area contributed by atoms with E-state index >= 15 is 0 Å². The van der Waals surface area contributed by atoms with Gasteiger partial charge in [-0.3, -0.25) is 0 Å². The van der Waals surface area contributed by atoms with E-state index in [9.17, 15) is 0 Å². The van der Waals surface area contributed by atoms with E-state index in [0.29, 0.717) is 5.92 Å². The summed E-state index contributed by atoms with van der Waals surface area (Å²) >= 11 is 0. The van der Waals surface area contributed by atoms with Crippen LogP contribution >= 0.6 is 0 Å². The van der Waals surface area contributed by atoms with Crippen molar-refractivity contribution in [3.8, 4) is 0 Å². The van der Waals surface area contributed by atoms with E-state index in [0.717, 1.165) is 12.6 Å². The average molecular weight is 156 g/mol. The molecular formula is C9H20N2. The Labute approximate surface area is 69.8 Å². The van der Waals surface area contributed by atoms with Crippen molar-refractivity contribution in [1.29, 1.82) is 0 Å². The lowest BCUT2D eigenvalue weighted by atomic mass is 9.94. The highest BCUT2D eigenvalue weighted by atomic mass is 15.2. The van der Waals surface area contributed by atoms with Gasteiger partial charge in [0.15, 0.2) is 0 Å². The van der Waals surface area contributed by atoms with Crippen LogP contribution in [0.3, 0.4) is 0 Å². The molecule has 1 heterocycles. The molecular weight excluding hydrogens is 136 g/mol. The fourth-order valence-corrected chi connectivity index (χ4v) is 1.53. The van der Waals surface area contributed by atoms with Gasteiger partial charge in [0, 0.05) is 6.04 Å². The Morgan fingerprint density at radius 3 is 2.73 bits per heavy atom. The second kappa shape index (κ2) is 4.07. The highest BCUT2D eigenvalue weighted by Gasteiger charge is 2.23. The summed E-state index contributed by atoms with van der Waals surface area (Å²) in [6.07, 6.45) is 4.04. The van der Waals surface area contributed by atoms with Gasteiger partial charge < -0.3 is 10.6 Å². The number of hydrogen-bond acceptors (Lipinski definition) is 2. The van der Waals surface area contributed by atoms with Gasteiger partial charge in [-0.25, -0.2) is 0 Å². The van der Waals surface area contributed by atoms with Gasteiger partial charge in [0.2, 0.25) is 0 Å². The molecule has 1 aliphatic rings. The molecule has 0 amide bonds. The Morgan fingerprint density at radius 1 is 1.64 bits per heavy atom. The quantitative estimate of drug-likeness (QED) is 0.659. The second-order valence-corrected chi connectivity index (χ2v) is 3.84. The average Bonchev–Trinajstić information content (AvgIpc) is 2.01. The lowest BCUT2D eigenvalue weighted by Crippen LogP contribution is -2.44. The van der Waals surface area contributed by atoms with Crippen molar-refractivity contribution >= 4 is 0 Å².